The van der Waals surface area contributed by atoms with Crippen molar-refractivity contribution < 1.29 is 13.2 Å². The van der Waals surface area contributed by atoms with E-state index in [1.165, 1.54) is 19.1 Å². The highest BCUT2D eigenvalue weighted by Gasteiger charge is 2.28. The third-order valence-corrected chi connectivity index (χ3v) is 4.87. The summed E-state index contributed by atoms with van der Waals surface area (Å²) < 4.78 is 27.1. The molecule has 4 N–H and O–H groups in total. The van der Waals surface area contributed by atoms with Crippen LogP contribution in [0, 0.1) is 0 Å². The van der Waals surface area contributed by atoms with Gasteiger partial charge in [0.1, 0.15) is 0 Å². The van der Waals surface area contributed by atoms with Gasteiger partial charge in [-0.2, -0.15) is 0 Å². The van der Waals surface area contributed by atoms with Gasteiger partial charge in [0.25, 0.3) is 0 Å². The number of anilines is 1. The summed E-state index contributed by atoms with van der Waals surface area (Å²) in [5, 5.41) is 2.59. The number of hydrogen-bond donors (Lipinski definition) is 3. The van der Waals surface area contributed by atoms with Crippen molar-refractivity contribution in [1.82, 2.24) is 4.72 Å². The molecule has 1 amide bonds. The van der Waals surface area contributed by atoms with Crippen LogP contribution in [0.2, 0.25) is 0 Å². The number of nitrogens with one attached hydrogen (secondary N) is 2. The van der Waals surface area contributed by atoms with E-state index in [1.807, 2.05) is 0 Å². The van der Waals surface area contributed by atoms with E-state index < -0.39 is 10.0 Å². The van der Waals surface area contributed by atoms with E-state index in [1.54, 1.807) is 12.1 Å². The molecule has 0 aliphatic heterocycles. The lowest BCUT2D eigenvalue weighted by Crippen LogP contribution is -2.43. The van der Waals surface area contributed by atoms with Crippen LogP contribution in [0.4, 0.5) is 5.69 Å². The molecule has 0 heterocycles. The van der Waals surface area contributed by atoms with Gasteiger partial charge in [-0.1, -0.05) is 6.42 Å². The Labute approximate surface area is 118 Å². The standard InChI is InChI=1S/C13H19N3O3S/c1-9(17)15-10-5-7-11(8-6-10)20(18,19)16-13-4-2-3-12(13)14/h5-8,12-13,16H,2-4,14H2,1H3,(H,15,17). The molecule has 2 unspecified atom stereocenters. The number of hydrogen-bond acceptors (Lipinski definition) is 4. The molecule has 20 heavy (non-hydrogen) atoms. The van der Waals surface area contributed by atoms with Crippen LogP contribution in [-0.4, -0.2) is 26.4 Å². The molecule has 2 atom stereocenters. The molecule has 7 heteroatoms. The summed E-state index contributed by atoms with van der Waals surface area (Å²) in [6.45, 7) is 1.40. The second-order valence-corrected chi connectivity index (χ2v) is 6.74. The molecule has 1 aromatic rings. The highest BCUT2D eigenvalue weighted by Crippen LogP contribution is 2.20. The van der Waals surface area contributed by atoms with Gasteiger partial charge in [-0.05, 0) is 37.1 Å². The van der Waals surface area contributed by atoms with Gasteiger partial charge >= 0.3 is 0 Å². The molecule has 1 fully saturated rings. The minimum Gasteiger partial charge on any atom is -0.326 e. The van der Waals surface area contributed by atoms with Crippen LogP contribution in [0.15, 0.2) is 29.2 Å². The van der Waals surface area contributed by atoms with Crippen molar-refractivity contribution >= 4 is 21.6 Å². The van der Waals surface area contributed by atoms with Crippen LogP contribution in [-0.2, 0) is 14.8 Å². The largest absolute Gasteiger partial charge is 0.326 e. The number of amides is 1. The zero-order chi connectivity index (χ0) is 14.8. The van der Waals surface area contributed by atoms with Gasteiger partial charge in [-0.3, -0.25) is 4.79 Å². The first-order chi connectivity index (χ1) is 9.38. The van der Waals surface area contributed by atoms with E-state index >= 15 is 0 Å². The zero-order valence-electron chi connectivity index (χ0n) is 11.3. The van der Waals surface area contributed by atoms with Gasteiger partial charge in [0.15, 0.2) is 0 Å². The van der Waals surface area contributed by atoms with Crippen LogP contribution >= 0.6 is 0 Å². The first-order valence-corrected chi connectivity index (χ1v) is 8.02. The fraction of sp³-hybridized carbons (Fsp3) is 0.462. The van der Waals surface area contributed by atoms with E-state index in [0.29, 0.717) is 5.69 Å². The molecule has 1 aliphatic carbocycles. The number of benzene rings is 1. The van der Waals surface area contributed by atoms with Gasteiger partial charge in [-0.25, -0.2) is 13.1 Å². The van der Waals surface area contributed by atoms with Gasteiger partial charge < -0.3 is 11.1 Å². The highest BCUT2D eigenvalue weighted by atomic mass is 32.2. The third-order valence-electron chi connectivity index (χ3n) is 3.36. The normalized spacial score (nSPS) is 22.7. The molecule has 1 aliphatic rings. The molecular formula is C13H19N3O3S. The first kappa shape index (κ1) is 15.0. The SMILES string of the molecule is CC(=O)Nc1ccc(S(=O)(=O)NC2CCCC2N)cc1. The summed E-state index contributed by atoms with van der Waals surface area (Å²) in [4.78, 5) is 11.1. The Balaban J connectivity index is 2.11. The fourth-order valence-electron chi connectivity index (χ4n) is 2.32. The molecule has 0 bridgehead atoms. The Hall–Kier alpha value is -1.44. The van der Waals surface area contributed by atoms with Crippen molar-refractivity contribution in [3.05, 3.63) is 24.3 Å². The average molecular weight is 297 g/mol. The maximum Gasteiger partial charge on any atom is 0.240 e. The second kappa shape index (κ2) is 5.90. The molecule has 2 rings (SSSR count). The summed E-state index contributed by atoms with van der Waals surface area (Å²) in [6, 6.07) is 5.73. The Morgan fingerprint density at radius 1 is 1.25 bits per heavy atom. The number of carbonyl (C=O) groups excluding carboxylic acids is 1. The Kier molecular flexibility index (Phi) is 4.42. The number of nitrogens with two attached hydrogens (primary N) is 1. The fourth-order valence-corrected chi connectivity index (χ4v) is 3.64. The highest BCUT2D eigenvalue weighted by molar-refractivity contribution is 7.89. The molecule has 110 valence electrons. The van der Waals surface area contributed by atoms with Crippen molar-refractivity contribution in [2.75, 3.05) is 5.32 Å². The lowest BCUT2D eigenvalue weighted by molar-refractivity contribution is -0.114. The molecule has 6 nitrogen and oxygen atoms in total. The van der Waals surface area contributed by atoms with Crippen molar-refractivity contribution in [2.24, 2.45) is 5.73 Å². The van der Waals surface area contributed by atoms with Crippen LogP contribution in [0.1, 0.15) is 26.2 Å². The summed E-state index contributed by atoms with van der Waals surface area (Å²) in [7, 11) is -3.56. The summed E-state index contributed by atoms with van der Waals surface area (Å²) >= 11 is 0. The molecular weight excluding hydrogens is 278 g/mol. The topological polar surface area (TPSA) is 101 Å². The quantitative estimate of drug-likeness (QED) is 0.765. The lowest BCUT2D eigenvalue weighted by Gasteiger charge is -2.17. The molecule has 0 aromatic heterocycles. The van der Waals surface area contributed by atoms with Crippen molar-refractivity contribution in [1.29, 1.82) is 0 Å². The van der Waals surface area contributed by atoms with Crippen LogP contribution in [0.3, 0.4) is 0 Å². The lowest BCUT2D eigenvalue weighted by atomic mass is 10.2. The van der Waals surface area contributed by atoms with E-state index in [-0.39, 0.29) is 22.9 Å². The molecule has 0 spiro atoms. The maximum absolute atomic E-state index is 12.2. The average Bonchev–Trinajstić information content (AvgIpc) is 2.74. The number of rotatable bonds is 4. The number of sulfonamides is 1. The first-order valence-electron chi connectivity index (χ1n) is 6.54. The summed E-state index contributed by atoms with van der Waals surface area (Å²) in [5.74, 6) is -0.198. The predicted molar refractivity (Wildman–Crippen MR) is 76.7 cm³/mol. The Morgan fingerprint density at radius 3 is 2.40 bits per heavy atom. The molecule has 1 aromatic carbocycles. The van der Waals surface area contributed by atoms with Crippen LogP contribution in [0.25, 0.3) is 0 Å². The Morgan fingerprint density at radius 2 is 1.90 bits per heavy atom. The molecule has 0 saturated heterocycles. The predicted octanol–water partition coefficient (Wildman–Crippen LogP) is 0.803. The second-order valence-electron chi connectivity index (χ2n) is 5.03. The van der Waals surface area contributed by atoms with Crippen molar-refractivity contribution in [2.45, 2.75) is 43.2 Å². The van der Waals surface area contributed by atoms with Gasteiger partial charge in [0.05, 0.1) is 4.90 Å². The summed E-state index contributed by atoms with van der Waals surface area (Å²) in [5.41, 5.74) is 6.43. The molecule has 0 radical (unpaired) electrons. The van der Waals surface area contributed by atoms with Crippen LogP contribution < -0.4 is 15.8 Å². The van der Waals surface area contributed by atoms with E-state index in [2.05, 4.69) is 10.0 Å². The van der Waals surface area contributed by atoms with Crippen molar-refractivity contribution in [3.63, 3.8) is 0 Å². The third kappa shape index (κ3) is 3.56. The summed E-state index contributed by atoms with van der Waals surface area (Å²) in [6.07, 6.45) is 2.55. The number of carbonyl (C=O) groups is 1. The van der Waals surface area contributed by atoms with E-state index in [9.17, 15) is 13.2 Å². The molecule has 1 saturated carbocycles. The van der Waals surface area contributed by atoms with Crippen LogP contribution in [0.5, 0.6) is 0 Å². The minimum absolute atomic E-state index is 0.122. The minimum atomic E-state index is -3.56. The monoisotopic (exact) mass is 297 g/mol. The van der Waals surface area contributed by atoms with E-state index in [0.717, 1.165) is 19.3 Å². The maximum atomic E-state index is 12.2. The smallest absolute Gasteiger partial charge is 0.240 e. The van der Waals surface area contributed by atoms with Gasteiger partial charge in [0.2, 0.25) is 15.9 Å². The van der Waals surface area contributed by atoms with Gasteiger partial charge in [-0.15, -0.1) is 0 Å². The van der Waals surface area contributed by atoms with Crippen molar-refractivity contribution in [3.8, 4) is 0 Å². The zero-order valence-corrected chi connectivity index (χ0v) is 12.1. The van der Waals surface area contributed by atoms with Gasteiger partial charge in [0, 0.05) is 24.7 Å². The Bertz CT molecular complexity index is 583. The van der Waals surface area contributed by atoms with E-state index in [4.69, 9.17) is 5.73 Å².